The van der Waals surface area contributed by atoms with Gasteiger partial charge >= 0.3 is 5.97 Å². The van der Waals surface area contributed by atoms with E-state index in [-0.39, 0.29) is 25.3 Å². The van der Waals surface area contributed by atoms with E-state index in [1.54, 1.807) is 6.07 Å². The van der Waals surface area contributed by atoms with Crippen LogP contribution in [0.25, 0.3) is 0 Å². The molecule has 1 heterocycles. The minimum atomic E-state index is -1.24. The second-order valence-corrected chi connectivity index (χ2v) is 4.11. The van der Waals surface area contributed by atoms with E-state index in [1.165, 1.54) is 19.4 Å². The zero-order valence-electron chi connectivity index (χ0n) is 10.9. The monoisotopic (exact) mass is 284 g/mol. The molecule has 110 valence electrons. The number of amides is 2. The van der Waals surface area contributed by atoms with Crippen LogP contribution in [0.4, 0.5) is 0 Å². The zero-order chi connectivity index (χ0) is 15.1. The Balaban J connectivity index is 2.53. The first-order valence-electron chi connectivity index (χ1n) is 5.87. The fourth-order valence-corrected chi connectivity index (χ4v) is 1.50. The summed E-state index contributed by atoms with van der Waals surface area (Å²) >= 11 is 0. The lowest BCUT2D eigenvalue weighted by molar-refractivity contribution is -0.142. The van der Waals surface area contributed by atoms with Gasteiger partial charge in [-0.15, -0.1) is 0 Å². The molecule has 8 nitrogen and oxygen atoms in total. The fourth-order valence-electron chi connectivity index (χ4n) is 1.50. The minimum Gasteiger partial charge on any atom is -0.480 e. The molecule has 3 N–H and O–H groups in total. The lowest BCUT2D eigenvalue weighted by atomic mass is 10.2. The van der Waals surface area contributed by atoms with Crippen molar-refractivity contribution in [3.05, 3.63) is 24.2 Å². The molecule has 20 heavy (non-hydrogen) atoms. The fraction of sp³-hybridized carbons (Fsp3) is 0.417. The Hall–Kier alpha value is -2.35. The maximum absolute atomic E-state index is 11.8. The number of carbonyl (C=O) groups is 3. The van der Waals surface area contributed by atoms with Crippen molar-refractivity contribution in [2.75, 3.05) is 20.2 Å². The minimum absolute atomic E-state index is 0.0884. The van der Waals surface area contributed by atoms with Gasteiger partial charge in [-0.2, -0.15) is 0 Å². The van der Waals surface area contributed by atoms with Crippen LogP contribution >= 0.6 is 0 Å². The number of carbonyl (C=O) groups excluding carboxylic acids is 2. The summed E-state index contributed by atoms with van der Waals surface area (Å²) in [5, 5.41) is 19.8. The summed E-state index contributed by atoms with van der Waals surface area (Å²) in [6.07, 6.45) is 1.24. The van der Waals surface area contributed by atoms with Crippen LogP contribution in [-0.4, -0.2) is 59.1 Å². The number of likely N-dealkylation sites (N-methyl/N-ethyl adjacent to an activating group) is 1. The number of aliphatic hydroxyl groups excluding tert-OH is 1. The van der Waals surface area contributed by atoms with Crippen LogP contribution in [0.5, 0.6) is 0 Å². The van der Waals surface area contributed by atoms with Gasteiger partial charge < -0.3 is 24.8 Å². The molecule has 0 saturated heterocycles. The van der Waals surface area contributed by atoms with Crippen LogP contribution in [-0.2, 0) is 9.59 Å². The normalized spacial score (nSPS) is 11.7. The molecule has 1 aromatic rings. The molecule has 1 rings (SSSR count). The van der Waals surface area contributed by atoms with Crippen molar-refractivity contribution >= 4 is 17.8 Å². The number of carboxylic acid groups (broad SMARTS) is 1. The molecule has 0 bridgehead atoms. The molecular formula is C12H16N2O6. The van der Waals surface area contributed by atoms with E-state index in [4.69, 9.17) is 14.6 Å². The third kappa shape index (κ3) is 4.39. The highest BCUT2D eigenvalue weighted by Crippen LogP contribution is 2.03. The molecular weight excluding hydrogens is 268 g/mol. The average molecular weight is 284 g/mol. The predicted molar refractivity (Wildman–Crippen MR) is 66.9 cm³/mol. The summed E-state index contributed by atoms with van der Waals surface area (Å²) in [5.74, 6) is -2.27. The van der Waals surface area contributed by atoms with Gasteiger partial charge in [0.25, 0.3) is 5.91 Å². The third-order valence-corrected chi connectivity index (χ3v) is 2.51. The molecule has 0 spiro atoms. The number of furan rings is 1. The van der Waals surface area contributed by atoms with Gasteiger partial charge in [0.15, 0.2) is 5.76 Å². The van der Waals surface area contributed by atoms with Crippen molar-refractivity contribution < 1.29 is 29.0 Å². The summed E-state index contributed by atoms with van der Waals surface area (Å²) in [7, 11) is 1.40. The smallest absolute Gasteiger partial charge is 0.326 e. The number of hydrogen-bond acceptors (Lipinski definition) is 5. The van der Waals surface area contributed by atoms with Gasteiger partial charge in [-0.25, -0.2) is 4.79 Å². The van der Waals surface area contributed by atoms with Gasteiger partial charge in [-0.3, -0.25) is 9.59 Å². The molecule has 0 aliphatic carbocycles. The van der Waals surface area contributed by atoms with Crippen LogP contribution in [0.3, 0.4) is 0 Å². The highest BCUT2D eigenvalue weighted by molar-refractivity contribution is 5.94. The van der Waals surface area contributed by atoms with Gasteiger partial charge in [0.05, 0.1) is 12.8 Å². The van der Waals surface area contributed by atoms with E-state index in [0.717, 1.165) is 4.90 Å². The average Bonchev–Trinajstić information content (AvgIpc) is 2.90. The quantitative estimate of drug-likeness (QED) is 0.609. The molecule has 2 amide bonds. The Morgan fingerprint density at radius 3 is 2.65 bits per heavy atom. The molecule has 0 aromatic carbocycles. The summed E-state index contributed by atoms with van der Waals surface area (Å²) < 4.78 is 4.91. The number of aliphatic carboxylic acids is 1. The molecule has 1 atom stereocenters. The predicted octanol–water partition coefficient (Wildman–Crippen LogP) is -0.697. The van der Waals surface area contributed by atoms with Crippen molar-refractivity contribution in [1.82, 2.24) is 10.2 Å². The number of hydrogen-bond donors (Lipinski definition) is 3. The number of carboxylic acids is 1. The highest BCUT2D eigenvalue weighted by atomic mass is 16.4. The van der Waals surface area contributed by atoms with Crippen LogP contribution in [0.15, 0.2) is 22.8 Å². The Morgan fingerprint density at radius 2 is 2.15 bits per heavy atom. The molecule has 1 unspecified atom stereocenters. The van der Waals surface area contributed by atoms with Crippen molar-refractivity contribution in [3.8, 4) is 0 Å². The first-order valence-corrected chi connectivity index (χ1v) is 5.87. The first-order chi connectivity index (χ1) is 9.45. The van der Waals surface area contributed by atoms with E-state index in [1.807, 2.05) is 0 Å². The number of nitrogens with zero attached hydrogens (tertiary/aromatic N) is 1. The largest absolute Gasteiger partial charge is 0.480 e. The molecule has 0 radical (unpaired) electrons. The van der Waals surface area contributed by atoms with Crippen molar-refractivity contribution in [1.29, 1.82) is 0 Å². The Morgan fingerprint density at radius 1 is 1.45 bits per heavy atom. The number of nitrogens with one attached hydrogen (secondary N) is 1. The summed E-state index contributed by atoms with van der Waals surface area (Å²) in [6, 6.07) is 1.82. The maximum atomic E-state index is 11.8. The first kappa shape index (κ1) is 15.7. The second kappa shape index (κ2) is 7.29. The Kier molecular flexibility index (Phi) is 5.73. The third-order valence-electron chi connectivity index (χ3n) is 2.51. The molecule has 0 saturated carbocycles. The van der Waals surface area contributed by atoms with Crippen LogP contribution in [0.1, 0.15) is 17.0 Å². The van der Waals surface area contributed by atoms with Crippen molar-refractivity contribution in [3.63, 3.8) is 0 Å². The van der Waals surface area contributed by atoms with E-state index in [2.05, 4.69) is 5.32 Å². The van der Waals surface area contributed by atoms with Gasteiger partial charge in [0, 0.05) is 20.1 Å². The Bertz CT molecular complexity index is 470. The summed E-state index contributed by atoms with van der Waals surface area (Å²) in [4.78, 5) is 35.3. The maximum Gasteiger partial charge on any atom is 0.326 e. The summed E-state index contributed by atoms with van der Waals surface area (Å²) in [5.41, 5.74) is 0. The Labute approximate surface area is 115 Å². The highest BCUT2D eigenvalue weighted by Gasteiger charge is 2.22. The summed E-state index contributed by atoms with van der Waals surface area (Å²) in [6.45, 7) is -0.673. The molecule has 8 heteroatoms. The lowest BCUT2D eigenvalue weighted by Gasteiger charge is -2.18. The van der Waals surface area contributed by atoms with Gasteiger partial charge in [0.1, 0.15) is 6.04 Å². The standard InChI is InChI=1S/C12H16N2O6/c1-14(11(17)9-3-2-6-20-9)7-10(16)13-8(4-5-15)12(18)19/h2-3,6,8,15H,4-5,7H2,1H3,(H,13,16)(H,18,19). The topological polar surface area (TPSA) is 120 Å². The van der Waals surface area contributed by atoms with Gasteiger partial charge in [0.2, 0.25) is 5.91 Å². The zero-order valence-corrected chi connectivity index (χ0v) is 10.9. The molecule has 0 fully saturated rings. The van der Waals surface area contributed by atoms with E-state index in [0.29, 0.717) is 0 Å². The SMILES string of the molecule is CN(CC(=O)NC(CCO)C(=O)O)C(=O)c1ccco1. The van der Waals surface area contributed by atoms with Crippen LogP contribution in [0, 0.1) is 0 Å². The van der Waals surface area contributed by atoms with E-state index in [9.17, 15) is 14.4 Å². The van der Waals surface area contributed by atoms with Crippen molar-refractivity contribution in [2.24, 2.45) is 0 Å². The number of aliphatic hydroxyl groups is 1. The molecule has 1 aromatic heterocycles. The van der Waals surface area contributed by atoms with Crippen LogP contribution in [0.2, 0.25) is 0 Å². The van der Waals surface area contributed by atoms with Gasteiger partial charge in [-0.1, -0.05) is 0 Å². The van der Waals surface area contributed by atoms with Crippen molar-refractivity contribution in [2.45, 2.75) is 12.5 Å². The second-order valence-electron chi connectivity index (χ2n) is 4.11. The number of rotatable bonds is 7. The molecule has 0 aliphatic rings. The van der Waals surface area contributed by atoms with Gasteiger partial charge in [-0.05, 0) is 12.1 Å². The molecule has 0 aliphatic heterocycles. The lowest BCUT2D eigenvalue weighted by Crippen LogP contribution is -2.46. The van der Waals surface area contributed by atoms with E-state index < -0.39 is 23.8 Å². The van der Waals surface area contributed by atoms with E-state index >= 15 is 0 Å². The van der Waals surface area contributed by atoms with Crippen LogP contribution < -0.4 is 5.32 Å².